The number of rotatable bonds is 3. The largest absolute Gasteiger partial charge is 0.377 e. The average molecular weight is 294 g/mol. The Morgan fingerprint density at radius 1 is 1.22 bits per heavy atom. The van der Waals surface area contributed by atoms with Crippen LogP contribution in [0.15, 0.2) is 0 Å². The SMILES string of the molecule is O=S(=O)(Cl)CC1OCCC12CCN(C1CC1)CC2. The van der Waals surface area contributed by atoms with Crippen LogP contribution in [0.5, 0.6) is 0 Å². The number of hydrogen-bond donors (Lipinski definition) is 0. The zero-order valence-corrected chi connectivity index (χ0v) is 12.0. The normalized spacial score (nSPS) is 33.1. The van der Waals surface area contributed by atoms with E-state index in [1.807, 2.05) is 0 Å². The molecule has 0 bridgehead atoms. The van der Waals surface area contributed by atoms with Crippen molar-refractivity contribution in [1.29, 1.82) is 0 Å². The molecule has 4 nitrogen and oxygen atoms in total. The van der Waals surface area contributed by atoms with Gasteiger partial charge in [-0.2, -0.15) is 0 Å². The highest BCUT2D eigenvalue weighted by atomic mass is 35.7. The second-order valence-electron chi connectivity index (χ2n) is 5.94. The molecule has 0 aromatic carbocycles. The van der Waals surface area contributed by atoms with Crippen molar-refractivity contribution in [1.82, 2.24) is 4.90 Å². The van der Waals surface area contributed by atoms with E-state index < -0.39 is 9.05 Å². The molecule has 0 radical (unpaired) electrons. The first-order valence-corrected chi connectivity index (χ1v) is 9.24. The highest BCUT2D eigenvalue weighted by Gasteiger charge is 2.48. The summed E-state index contributed by atoms with van der Waals surface area (Å²) in [5.74, 6) is -0.0298. The van der Waals surface area contributed by atoms with Gasteiger partial charge in [-0.25, -0.2) is 8.42 Å². The van der Waals surface area contributed by atoms with Crippen molar-refractivity contribution in [3.8, 4) is 0 Å². The third-order valence-electron chi connectivity index (χ3n) is 4.81. The molecule has 1 unspecified atom stereocenters. The molecule has 3 rings (SSSR count). The topological polar surface area (TPSA) is 46.6 Å². The third-order valence-corrected chi connectivity index (χ3v) is 5.89. The first kappa shape index (κ1) is 13.2. The van der Waals surface area contributed by atoms with E-state index in [0.29, 0.717) is 6.61 Å². The minimum absolute atomic E-state index is 0.0298. The van der Waals surface area contributed by atoms with Crippen LogP contribution >= 0.6 is 10.7 Å². The Morgan fingerprint density at radius 3 is 2.44 bits per heavy atom. The number of ether oxygens (including phenoxy) is 1. The second kappa shape index (κ2) is 4.62. The van der Waals surface area contributed by atoms with Gasteiger partial charge in [0.15, 0.2) is 0 Å². The maximum atomic E-state index is 11.3. The number of likely N-dealkylation sites (tertiary alicyclic amines) is 1. The van der Waals surface area contributed by atoms with Gasteiger partial charge in [-0.3, -0.25) is 0 Å². The quantitative estimate of drug-likeness (QED) is 0.742. The Kier molecular flexibility index (Phi) is 3.37. The minimum atomic E-state index is -3.47. The van der Waals surface area contributed by atoms with Crippen molar-refractivity contribution in [2.75, 3.05) is 25.4 Å². The van der Waals surface area contributed by atoms with Gasteiger partial charge in [0.2, 0.25) is 9.05 Å². The molecule has 2 heterocycles. The van der Waals surface area contributed by atoms with E-state index in [-0.39, 0.29) is 17.3 Å². The molecule has 1 spiro atoms. The highest BCUT2D eigenvalue weighted by molar-refractivity contribution is 8.13. The summed E-state index contributed by atoms with van der Waals surface area (Å²) in [5.41, 5.74) is 0.0628. The molecule has 1 saturated carbocycles. The lowest BCUT2D eigenvalue weighted by Crippen LogP contribution is -2.46. The van der Waals surface area contributed by atoms with Crippen molar-refractivity contribution in [2.45, 2.75) is 44.2 Å². The van der Waals surface area contributed by atoms with Gasteiger partial charge in [-0.1, -0.05) is 0 Å². The Balaban J connectivity index is 1.66. The molecule has 0 aromatic rings. The van der Waals surface area contributed by atoms with Gasteiger partial charge in [0.25, 0.3) is 0 Å². The summed E-state index contributed by atoms with van der Waals surface area (Å²) in [5, 5.41) is 0. The fourth-order valence-corrected chi connectivity index (χ4v) is 4.65. The zero-order valence-electron chi connectivity index (χ0n) is 10.5. The van der Waals surface area contributed by atoms with Crippen molar-refractivity contribution in [2.24, 2.45) is 5.41 Å². The molecule has 1 atom stereocenters. The van der Waals surface area contributed by atoms with E-state index in [4.69, 9.17) is 15.4 Å². The molecule has 3 aliphatic rings. The first-order valence-electron chi connectivity index (χ1n) is 6.77. The lowest BCUT2D eigenvalue weighted by atomic mass is 9.73. The van der Waals surface area contributed by atoms with Gasteiger partial charge >= 0.3 is 0 Å². The van der Waals surface area contributed by atoms with E-state index in [1.165, 1.54) is 12.8 Å². The second-order valence-corrected chi connectivity index (χ2v) is 8.77. The van der Waals surface area contributed by atoms with Crippen molar-refractivity contribution >= 4 is 19.7 Å². The average Bonchev–Trinajstić information content (AvgIpc) is 3.06. The maximum Gasteiger partial charge on any atom is 0.235 e. The number of hydrogen-bond acceptors (Lipinski definition) is 4. The van der Waals surface area contributed by atoms with Gasteiger partial charge in [0.1, 0.15) is 0 Å². The van der Waals surface area contributed by atoms with Gasteiger partial charge < -0.3 is 9.64 Å². The molecular weight excluding hydrogens is 274 g/mol. The summed E-state index contributed by atoms with van der Waals surface area (Å²) in [6, 6.07) is 0.805. The predicted molar refractivity (Wildman–Crippen MR) is 70.3 cm³/mol. The van der Waals surface area contributed by atoms with Crippen LogP contribution in [0, 0.1) is 5.41 Å². The van der Waals surface area contributed by atoms with Crippen molar-refractivity contribution in [3.63, 3.8) is 0 Å². The molecule has 2 aliphatic heterocycles. The fraction of sp³-hybridized carbons (Fsp3) is 1.00. The molecule has 1 aliphatic carbocycles. The molecule has 0 N–H and O–H groups in total. The van der Waals surface area contributed by atoms with E-state index in [0.717, 1.165) is 38.4 Å². The Bertz CT molecular complexity index is 413. The standard InChI is InChI=1S/C12H20ClNO3S/c13-18(15,16)9-11-12(5-8-17-11)3-6-14(7-4-12)10-1-2-10/h10-11H,1-9H2. The van der Waals surface area contributed by atoms with Crippen LogP contribution in [0.25, 0.3) is 0 Å². The Hall–Kier alpha value is 0.160. The molecule has 104 valence electrons. The lowest BCUT2D eigenvalue weighted by molar-refractivity contribution is 0.0207. The Labute approximate surface area is 113 Å². The molecule has 2 saturated heterocycles. The summed E-state index contributed by atoms with van der Waals surface area (Å²) in [6.45, 7) is 2.86. The van der Waals surface area contributed by atoms with E-state index >= 15 is 0 Å². The van der Waals surface area contributed by atoms with Crippen LogP contribution in [-0.4, -0.2) is 50.9 Å². The summed E-state index contributed by atoms with van der Waals surface area (Å²) in [4.78, 5) is 2.55. The van der Waals surface area contributed by atoms with Crippen molar-refractivity contribution < 1.29 is 13.2 Å². The maximum absolute atomic E-state index is 11.3. The highest BCUT2D eigenvalue weighted by Crippen LogP contribution is 2.46. The monoisotopic (exact) mass is 293 g/mol. The van der Waals surface area contributed by atoms with E-state index in [2.05, 4.69) is 4.90 Å². The van der Waals surface area contributed by atoms with E-state index in [9.17, 15) is 8.42 Å². The smallest absolute Gasteiger partial charge is 0.235 e. The van der Waals surface area contributed by atoms with Crippen LogP contribution in [-0.2, 0) is 13.8 Å². The minimum Gasteiger partial charge on any atom is -0.377 e. The fourth-order valence-electron chi connectivity index (χ4n) is 3.49. The molecule has 6 heteroatoms. The first-order chi connectivity index (χ1) is 8.49. The lowest BCUT2D eigenvalue weighted by Gasteiger charge is -2.42. The van der Waals surface area contributed by atoms with Gasteiger partial charge in [-0.15, -0.1) is 0 Å². The molecule has 3 fully saturated rings. The van der Waals surface area contributed by atoms with Gasteiger partial charge in [0, 0.05) is 28.7 Å². The molecule has 0 aromatic heterocycles. The summed E-state index contributed by atoms with van der Waals surface area (Å²) in [6.07, 6.45) is 5.58. The number of piperidine rings is 1. The third kappa shape index (κ3) is 2.69. The zero-order chi connectivity index (χ0) is 12.8. The summed E-state index contributed by atoms with van der Waals surface area (Å²) < 4.78 is 28.2. The van der Waals surface area contributed by atoms with E-state index in [1.54, 1.807) is 0 Å². The predicted octanol–water partition coefficient (Wildman–Crippen LogP) is 1.59. The van der Waals surface area contributed by atoms with Crippen LogP contribution in [0.4, 0.5) is 0 Å². The Morgan fingerprint density at radius 2 is 1.89 bits per heavy atom. The van der Waals surface area contributed by atoms with Gasteiger partial charge in [-0.05, 0) is 45.2 Å². The van der Waals surface area contributed by atoms with Gasteiger partial charge in [0.05, 0.1) is 11.9 Å². The summed E-state index contributed by atoms with van der Waals surface area (Å²) >= 11 is 0. The van der Waals surface area contributed by atoms with Crippen molar-refractivity contribution in [3.05, 3.63) is 0 Å². The van der Waals surface area contributed by atoms with Crippen LogP contribution < -0.4 is 0 Å². The number of halogens is 1. The number of nitrogens with zero attached hydrogens (tertiary/aromatic N) is 1. The van der Waals surface area contributed by atoms with Crippen LogP contribution in [0.1, 0.15) is 32.1 Å². The molecule has 0 amide bonds. The molecular formula is C12H20ClNO3S. The molecule has 18 heavy (non-hydrogen) atoms. The van der Waals surface area contributed by atoms with Crippen LogP contribution in [0.2, 0.25) is 0 Å². The van der Waals surface area contributed by atoms with Crippen LogP contribution in [0.3, 0.4) is 0 Å². The summed E-state index contributed by atoms with van der Waals surface area (Å²) in [7, 11) is 1.92.